The second kappa shape index (κ2) is 5.20. The zero-order valence-corrected chi connectivity index (χ0v) is 5.62. The van der Waals surface area contributed by atoms with Gasteiger partial charge in [-0.15, -0.1) is 0 Å². The Morgan fingerprint density at radius 2 is 2.10 bits per heavy atom. The maximum atomic E-state index is 9.87. The highest BCUT2D eigenvalue weighted by Crippen LogP contribution is 1.98. The molecule has 0 saturated heterocycles. The van der Waals surface area contributed by atoms with Crippen molar-refractivity contribution in [2.75, 3.05) is 6.61 Å². The third kappa shape index (κ3) is 4.29. The first-order valence-electron chi connectivity index (χ1n) is 3.18. The molecular weight excluding hydrogens is 136 g/mol. The quantitative estimate of drug-likeness (QED) is 0.452. The number of aliphatic hydroxyl groups excluding tert-OH is 2. The SMILES string of the molecule is O=C([O-])C(O)CCCCO. The number of hydrogen-bond donors (Lipinski definition) is 2. The summed E-state index contributed by atoms with van der Waals surface area (Å²) in [5, 5.41) is 26.8. The lowest BCUT2D eigenvalue weighted by molar-refractivity contribution is -0.315. The fourth-order valence-corrected chi connectivity index (χ4v) is 0.567. The molecule has 0 aliphatic carbocycles. The van der Waals surface area contributed by atoms with Crippen molar-refractivity contribution in [3.8, 4) is 0 Å². The molecule has 0 rings (SSSR count). The fourth-order valence-electron chi connectivity index (χ4n) is 0.567. The van der Waals surface area contributed by atoms with Crippen LogP contribution in [0.25, 0.3) is 0 Å². The van der Waals surface area contributed by atoms with E-state index < -0.39 is 12.1 Å². The number of unbranched alkanes of at least 4 members (excludes halogenated alkanes) is 1. The predicted octanol–water partition coefficient (Wildman–Crippen LogP) is -1.74. The standard InChI is InChI=1S/C6H12O4/c7-4-2-1-3-5(8)6(9)10/h5,7-8H,1-4H2,(H,9,10)/p-1. The van der Waals surface area contributed by atoms with Crippen LogP contribution in [0.4, 0.5) is 0 Å². The van der Waals surface area contributed by atoms with E-state index in [0.717, 1.165) is 0 Å². The largest absolute Gasteiger partial charge is 0.547 e. The molecule has 0 saturated carbocycles. The van der Waals surface area contributed by atoms with Gasteiger partial charge in [0.2, 0.25) is 0 Å². The number of carbonyl (C=O) groups is 1. The van der Waals surface area contributed by atoms with E-state index in [9.17, 15) is 9.90 Å². The summed E-state index contributed by atoms with van der Waals surface area (Å²) in [6.07, 6.45) is -0.203. The average Bonchev–Trinajstić information content (AvgIpc) is 1.88. The Hall–Kier alpha value is -0.610. The van der Waals surface area contributed by atoms with Crippen LogP contribution >= 0.6 is 0 Å². The van der Waals surface area contributed by atoms with Crippen molar-refractivity contribution < 1.29 is 20.1 Å². The van der Waals surface area contributed by atoms with E-state index in [2.05, 4.69) is 0 Å². The predicted molar refractivity (Wildman–Crippen MR) is 32.0 cm³/mol. The van der Waals surface area contributed by atoms with Crippen molar-refractivity contribution in [1.29, 1.82) is 0 Å². The van der Waals surface area contributed by atoms with Gasteiger partial charge >= 0.3 is 0 Å². The van der Waals surface area contributed by atoms with E-state index in [1.807, 2.05) is 0 Å². The van der Waals surface area contributed by atoms with Gasteiger partial charge in [-0.3, -0.25) is 0 Å². The first-order valence-corrected chi connectivity index (χ1v) is 3.18. The normalized spacial score (nSPS) is 13.0. The minimum Gasteiger partial charge on any atom is -0.547 e. The van der Waals surface area contributed by atoms with Gasteiger partial charge in [0.1, 0.15) is 0 Å². The summed E-state index contributed by atoms with van der Waals surface area (Å²) >= 11 is 0. The topological polar surface area (TPSA) is 80.6 Å². The number of rotatable bonds is 5. The zero-order chi connectivity index (χ0) is 7.98. The number of hydrogen-bond acceptors (Lipinski definition) is 4. The Balaban J connectivity index is 3.21. The summed E-state index contributed by atoms with van der Waals surface area (Å²) < 4.78 is 0. The maximum absolute atomic E-state index is 9.87. The van der Waals surface area contributed by atoms with Crippen LogP contribution in [-0.2, 0) is 4.79 Å². The number of carbonyl (C=O) groups excluding carboxylic acids is 1. The summed E-state index contributed by atoms with van der Waals surface area (Å²) in [5.41, 5.74) is 0. The molecule has 0 spiro atoms. The van der Waals surface area contributed by atoms with Crippen LogP contribution in [0, 0.1) is 0 Å². The Labute approximate surface area is 59.1 Å². The van der Waals surface area contributed by atoms with Gasteiger partial charge in [-0.1, -0.05) is 0 Å². The molecule has 0 aromatic rings. The van der Waals surface area contributed by atoms with Crippen molar-refractivity contribution >= 4 is 5.97 Å². The van der Waals surface area contributed by atoms with Crippen molar-refractivity contribution in [1.82, 2.24) is 0 Å². The van der Waals surface area contributed by atoms with Gasteiger partial charge in [0.15, 0.2) is 0 Å². The molecule has 60 valence electrons. The van der Waals surface area contributed by atoms with Gasteiger partial charge in [-0.05, 0) is 19.3 Å². The van der Waals surface area contributed by atoms with Crippen LogP contribution in [0.15, 0.2) is 0 Å². The molecule has 4 heteroatoms. The fraction of sp³-hybridized carbons (Fsp3) is 0.833. The highest BCUT2D eigenvalue weighted by molar-refractivity contribution is 5.69. The summed E-state index contributed by atoms with van der Waals surface area (Å²) in [6, 6.07) is 0. The summed E-state index contributed by atoms with van der Waals surface area (Å²) in [5.74, 6) is -1.45. The Morgan fingerprint density at radius 1 is 1.50 bits per heavy atom. The molecule has 0 aromatic heterocycles. The molecule has 1 atom stereocenters. The maximum Gasteiger partial charge on any atom is 0.0933 e. The van der Waals surface area contributed by atoms with E-state index in [1.165, 1.54) is 0 Å². The molecule has 0 heterocycles. The molecule has 2 N–H and O–H groups in total. The Morgan fingerprint density at radius 3 is 2.50 bits per heavy atom. The zero-order valence-electron chi connectivity index (χ0n) is 5.62. The minimum absolute atomic E-state index is 0.0275. The summed E-state index contributed by atoms with van der Waals surface area (Å²) in [4.78, 5) is 9.87. The number of aliphatic carboxylic acids is 1. The van der Waals surface area contributed by atoms with Crippen LogP contribution < -0.4 is 5.11 Å². The molecule has 0 bridgehead atoms. The van der Waals surface area contributed by atoms with Gasteiger partial charge < -0.3 is 20.1 Å². The van der Waals surface area contributed by atoms with Gasteiger partial charge in [0.05, 0.1) is 12.1 Å². The van der Waals surface area contributed by atoms with Crippen molar-refractivity contribution in [3.63, 3.8) is 0 Å². The average molecular weight is 147 g/mol. The van der Waals surface area contributed by atoms with Gasteiger partial charge in [0, 0.05) is 6.61 Å². The lowest BCUT2D eigenvalue weighted by Crippen LogP contribution is -2.35. The van der Waals surface area contributed by atoms with Crippen LogP contribution in [0.1, 0.15) is 19.3 Å². The van der Waals surface area contributed by atoms with Crippen molar-refractivity contribution in [2.45, 2.75) is 25.4 Å². The van der Waals surface area contributed by atoms with E-state index in [0.29, 0.717) is 12.8 Å². The lowest BCUT2D eigenvalue weighted by Gasteiger charge is -2.09. The number of aliphatic hydroxyl groups is 2. The van der Waals surface area contributed by atoms with E-state index >= 15 is 0 Å². The first-order chi connectivity index (χ1) is 4.68. The lowest BCUT2D eigenvalue weighted by atomic mass is 10.1. The molecule has 4 nitrogen and oxygen atoms in total. The van der Waals surface area contributed by atoms with E-state index in [1.54, 1.807) is 0 Å². The molecule has 0 radical (unpaired) electrons. The van der Waals surface area contributed by atoms with Gasteiger partial charge in [-0.2, -0.15) is 0 Å². The second-order valence-electron chi connectivity index (χ2n) is 2.05. The molecule has 1 unspecified atom stereocenters. The molecule has 0 aliphatic rings. The minimum atomic E-state index is -1.45. The van der Waals surface area contributed by atoms with Crippen LogP contribution in [0.2, 0.25) is 0 Å². The third-order valence-corrected chi connectivity index (χ3v) is 1.16. The highest BCUT2D eigenvalue weighted by atomic mass is 16.4. The van der Waals surface area contributed by atoms with Crippen molar-refractivity contribution in [3.05, 3.63) is 0 Å². The van der Waals surface area contributed by atoms with Crippen LogP contribution in [-0.4, -0.2) is 28.9 Å². The number of carboxylic acids is 1. The van der Waals surface area contributed by atoms with E-state index in [4.69, 9.17) is 10.2 Å². The number of carboxylic acid groups (broad SMARTS) is 1. The van der Waals surface area contributed by atoms with Crippen LogP contribution in [0.5, 0.6) is 0 Å². The molecular formula is C6H11O4-. The summed E-state index contributed by atoms with van der Waals surface area (Å²) in [6.45, 7) is 0.0275. The molecule has 0 fully saturated rings. The monoisotopic (exact) mass is 147 g/mol. The Bertz CT molecular complexity index is 102. The van der Waals surface area contributed by atoms with Gasteiger partial charge in [-0.25, -0.2) is 0 Å². The van der Waals surface area contributed by atoms with E-state index in [-0.39, 0.29) is 13.0 Å². The third-order valence-electron chi connectivity index (χ3n) is 1.16. The molecule has 0 aliphatic heterocycles. The summed E-state index contributed by atoms with van der Waals surface area (Å²) in [7, 11) is 0. The smallest absolute Gasteiger partial charge is 0.0933 e. The molecule has 0 amide bonds. The second-order valence-corrected chi connectivity index (χ2v) is 2.05. The van der Waals surface area contributed by atoms with Gasteiger partial charge in [0.25, 0.3) is 0 Å². The van der Waals surface area contributed by atoms with Crippen LogP contribution in [0.3, 0.4) is 0 Å². The van der Waals surface area contributed by atoms with Crippen molar-refractivity contribution in [2.24, 2.45) is 0 Å². The molecule has 0 aromatic carbocycles. The molecule has 10 heavy (non-hydrogen) atoms. The Kier molecular flexibility index (Phi) is 4.88. The highest BCUT2D eigenvalue weighted by Gasteiger charge is 2.02. The first kappa shape index (κ1) is 9.39.